The minimum Gasteiger partial charge on any atom is -0.395 e. The van der Waals surface area contributed by atoms with Gasteiger partial charge in [-0.25, -0.2) is 0 Å². The Hall–Kier alpha value is -0.860. The molecule has 0 saturated carbocycles. The van der Waals surface area contributed by atoms with Crippen molar-refractivity contribution in [2.75, 3.05) is 19.7 Å². The van der Waals surface area contributed by atoms with Crippen LogP contribution in [-0.2, 0) is 5.41 Å². The molecular weight excluding hydrogens is 198 g/mol. The van der Waals surface area contributed by atoms with Crippen LogP contribution in [0.4, 0.5) is 0 Å². The highest BCUT2D eigenvalue weighted by atomic mass is 16.3. The summed E-state index contributed by atoms with van der Waals surface area (Å²) in [5, 5.41) is 12.0. The van der Waals surface area contributed by atoms with E-state index < -0.39 is 0 Å². The summed E-state index contributed by atoms with van der Waals surface area (Å²) in [4.78, 5) is 0. The van der Waals surface area contributed by atoms with E-state index in [1.807, 2.05) is 0 Å². The van der Waals surface area contributed by atoms with Gasteiger partial charge in [-0.15, -0.1) is 0 Å². The molecule has 1 aromatic rings. The summed E-state index contributed by atoms with van der Waals surface area (Å²) in [6.07, 6.45) is 0. The minimum absolute atomic E-state index is 0.102. The third-order valence-electron chi connectivity index (χ3n) is 2.98. The highest BCUT2D eigenvalue weighted by molar-refractivity contribution is 5.36. The lowest BCUT2D eigenvalue weighted by Crippen LogP contribution is -2.35. The minimum atomic E-state index is 0.102. The molecule has 0 heterocycles. The molecule has 1 rings (SSSR count). The van der Waals surface area contributed by atoms with Gasteiger partial charge in [0.2, 0.25) is 0 Å². The van der Waals surface area contributed by atoms with Gasteiger partial charge in [0.1, 0.15) is 0 Å². The fraction of sp³-hybridized carbons (Fsp3) is 0.571. The normalized spacial score (nSPS) is 11.8. The van der Waals surface area contributed by atoms with Gasteiger partial charge in [-0.1, -0.05) is 37.6 Å². The van der Waals surface area contributed by atoms with Crippen molar-refractivity contribution in [2.45, 2.75) is 33.1 Å². The molecule has 1 aromatic carbocycles. The molecule has 0 saturated heterocycles. The highest BCUT2D eigenvalue weighted by Crippen LogP contribution is 2.26. The number of hydrogen-bond acceptors (Lipinski definition) is 2. The molecule has 2 N–H and O–H groups in total. The fourth-order valence-electron chi connectivity index (χ4n) is 2.04. The topological polar surface area (TPSA) is 32.3 Å². The molecule has 0 atom stereocenters. The van der Waals surface area contributed by atoms with Crippen LogP contribution in [0.2, 0.25) is 0 Å². The predicted octanol–water partition coefficient (Wildman–Crippen LogP) is 2.16. The molecule has 0 aliphatic carbocycles. The number of aliphatic hydroxyl groups is 1. The monoisotopic (exact) mass is 221 g/mol. The van der Waals surface area contributed by atoms with Crippen molar-refractivity contribution in [2.24, 2.45) is 0 Å². The Labute approximate surface area is 98.7 Å². The number of benzene rings is 1. The van der Waals surface area contributed by atoms with Gasteiger partial charge in [-0.3, -0.25) is 0 Å². The van der Waals surface area contributed by atoms with Crippen LogP contribution in [0.3, 0.4) is 0 Å². The molecule has 2 heteroatoms. The van der Waals surface area contributed by atoms with Crippen molar-refractivity contribution in [1.82, 2.24) is 5.32 Å². The average molecular weight is 221 g/mol. The Kier molecular flexibility index (Phi) is 4.51. The zero-order valence-electron chi connectivity index (χ0n) is 10.8. The van der Waals surface area contributed by atoms with Crippen LogP contribution in [0.25, 0.3) is 0 Å². The molecule has 16 heavy (non-hydrogen) atoms. The van der Waals surface area contributed by atoms with Crippen molar-refractivity contribution < 1.29 is 5.11 Å². The van der Waals surface area contributed by atoms with Gasteiger partial charge >= 0.3 is 0 Å². The van der Waals surface area contributed by atoms with Crippen molar-refractivity contribution in [3.63, 3.8) is 0 Å². The summed E-state index contributed by atoms with van der Waals surface area (Å²) >= 11 is 0. The molecule has 0 aromatic heterocycles. The van der Waals surface area contributed by atoms with E-state index in [0.29, 0.717) is 6.54 Å². The van der Waals surface area contributed by atoms with E-state index in [1.54, 1.807) is 0 Å². The summed E-state index contributed by atoms with van der Waals surface area (Å²) in [5.74, 6) is 0. The Bertz CT molecular complexity index is 345. The first-order chi connectivity index (χ1) is 7.47. The lowest BCUT2D eigenvalue weighted by atomic mass is 9.81. The maximum Gasteiger partial charge on any atom is 0.0555 e. The second kappa shape index (κ2) is 5.46. The Balaban J connectivity index is 2.83. The van der Waals surface area contributed by atoms with Gasteiger partial charge in [0.15, 0.2) is 0 Å². The lowest BCUT2D eigenvalue weighted by Gasteiger charge is -2.28. The molecule has 0 aliphatic rings. The van der Waals surface area contributed by atoms with Crippen molar-refractivity contribution >= 4 is 0 Å². The first-order valence-electron chi connectivity index (χ1n) is 5.86. The summed E-state index contributed by atoms with van der Waals surface area (Å²) < 4.78 is 0. The van der Waals surface area contributed by atoms with Gasteiger partial charge in [-0.2, -0.15) is 0 Å². The van der Waals surface area contributed by atoms with E-state index in [4.69, 9.17) is 5.11 Å². The van der Waals surface area contributed by atoms with Crippen molar-refractivity contribution in [1.29, 1.82) is 0 Å². The number of aliphatic hydroxyl groups excluding tert-OH is 1. The first-order valence-corrected chi connectivity index (χ1v) is 5.86. The van der Waals surface area contributed by atoms with Crippen molar-refractivity contribution in [3.8, 4) is 0 Å². The SMILES string of the molecule is Cc1ccc(C)c(C(C)(C)CNCCO)c1. The number of rotatable bonds is 5. The molecular formula is C14H23NO. The largest absolute Gasteiger partial charge is 0.395 e. The van der Waals surface area contributed by atoms with Crippen LogP contribution in [-0.4, -0.2) is 24.8 Å². The lowest BCUT2D eigenvalue weighted by molar-refractivity contribution is 0.286. The smallest absolute Gasteiger partial charge is 0.0555 e. The van der Waals surface area contributed by atoms with Crippen molar-refractivity contribution in [3.05, 3.63) is 34.9 Å². The summed E-state index contributed by atoms with van der Waals surface area (Å²) in [6.45, 7) is 10.5. The van der Waals surface area contributed by atoms with Crippen LogP contribution >= 0.6 is 0 Å². The van der Waals surface area contributed by atoms with E-state index in [0.717, 1.165) is 6.54 Å². The Morgan fingerprint density at radius 2 is 1.94 bits per heavy atom. The van der Waals surface area contributed by atoms with Gasteiger partial charge in [0.25, 0.3) is 0 Å². The molecule has 0 aliphatic heterocycles. The van der Waals surface area contributed by atoms with Gasteiger partial charge < -0.3 is 10.4 Å². The first kappa shape index (κ1) is 13.2. The van der Waals surface area contributed by atoms with Crippen LogP contribution in [0.1, 0.15) is 30.5 Å². The van der Waals surface area contributed by atoms with E-state index >= 15 is 0 Å². The van der Waals surface area contributed by atoms with Crippen LogP contribution in [0, 0.1) is 13.8 Å². The quantitative estimate of drug-likeness (QED) is 0.747. The Morgan fingerprint density at radius 1 is 1.25 bits per heavy atom. The second-order valence-corrected chi connectivity index (χ2v) is 5.10. The third-order valence-corrected chi connectivity index (χ3v) is 2.98. The number of aryl methyl sites for hydroxylation is 2. The Morgan fingerprint density at radius 3 is 2.56 bits per heavy atom. The van der Waals surface area contributed by atoms with Gasteiger partial charge in [0.05, 0.1) is 6.61 Å². The number of nitrogens with one attached hydrogen (secondary N) is 1. The second-order valence-electron chi connectivity index (χ2n) is 5.10. The van der Waals surface area contributed by atoms with Gasteiger partial charge in [-0.05, 0) is 25.0 Å². The van der Waals surface area contributed by atoms with E-state index in [-0.39, 0.29) is 12.0 Å². The summed E-state index contributed by atoms with van der Waals surface area (Å²) in [6, 6.07) is 6.59. The standard InChI is InChI=1S/C14H23NO/c1-11-5-6-12(2)13(9-11)14(3,4)10-15-7-8-16/h5-6,9,15-16H,7-8,10H2,1-4H3. The van der Waals surface area contributed by atoms with E-state index in [9.17, 15) is 0 Å². The zero-order valence-corrected chi connectivity index (χ0v) is 10.8. The summed E-state index contributed by atoms with van der Waals surface area (Å²) in [5.41, 5.74) is 4.13. The summed E-state index contributed by atoms with van der Waals surface area (Å²) in [7, 11) is 0. The molecule has 0 amide bonds. The predicted molar refractivity (Wildman–Crippen MR) is 68.9 cm³/mol. The van der Waals surface area contributed by atoms with Crippen LogP contribution in [0.15, 0.2) is 18.2 Å². The van der Waals surface area contributed by atoms with Crippen LogP contribution < -0.4 is 5.32 Å². The zero-order chi connectivity index (χ0) is 12.2. The molecule has 0 bridgehead atoms. The van der Waals surface area contributed by atoms with Crippen LogP contribution in [0.5, 0.6) is 0 Å². The molecule has 0 spiro atoms. The molecule has 90 valence electrons. The number of hydrogen-bond donors (Lipinski definition) is 2. The maximum absolute atomic E-state index is 8.77. The molecule has 0 fully saturated rings. The average Bonchev–Trinajstić information content (AvgIpc) is 2.22. The molecule has 0 radical (unpaired) electrons. The van der Waals surface area contributed by atoms with E-state index in [2.05, 4.69) is 51.2 Å². The third kappa shape index (κ3) is 3.32. The maximum atomic E-state index is 8.77. The molecule has 2 nitrogen and oxygen atoms in total. The molecule has 0 unspecified atom stereocenters. The highest BCUT2D eigenvalue weighted by Gasteiger charge is 2.21. The van der Waals surface area contributed by atoms with Gasteiger partial charge in [0, 0.05) is 18.5 Å². The van der Waals surface area contributed by atoms with E-state index in [1.165, 1.54) is 16.7 Å². The fourth-order valence-corrected chi connectivity index (χ4v) is 2.04.